The van der Waals surface area contributed by atoms with E-state index >= 15 is 0 Å². The van der Waals surface area contributed by atoms with Crippen LogP contribution in [-0.2, 0) is 6.61 Å². The van der Waals surface area contributed by atoms with Crippen LogP contribution in [0.15, 0.2) is 30.6 Å². The Morgan fingerprint density at radius 1 is 1.44 bits per heavy atom. The van der Waals surface area contributed by atoms with Crippen molar-refractivity contribution in [2.45, 2.75) is 19.6 Å². The normalized spacial score (nSPS) is 19.9. The fourth-order valence-corrected chi connectivity index (χ4v) is 2.87. The van der Waals surface area contributed by atoms with Crippen molar-refractivity contribution < 1.29 is 19.1 Å². The molecule has 2 atom stereocenters. The molecule has 0 aliphatic carbocycles. The van der Waals surface area contributed by atoms with Gasteiger partial charge in [0.15, 0.2) is 0 Å². The minimum atomic E-state index is -0.501. The van der Waals surface area contributed by atoms with Gasteiger partial charge in [-0.15, -0.1) is 0 Å². The fourth-order valence-electron chi connectivity index (χ4n) is 2.87. The minimum absolute atomic E-state index is 0.0597. The lowest BCUT2D eigenvalue weighted by Crippen LogP contribution is -2.40. The van der Waals surface area contributed by atoms with Crippen LogP contribution in [0.1, 0.15) is 33.5 Å². The first-order chi connectivity index (χ1) is 12.0. The summed E-state index contributed by atoms with van der Waals surface area (Å²) in [5.74, 6) is -1.07. The Morgan fingerprint density at radius 3 is 2.84 bits per heavy atom. The lowest BCUT2D eigenvalue weighted by molar-refractivity contribution is 0.0775. The topological polar surface area (TPSA) is 98.3 Å². The highest BCUT2D eigenvalue weighted by Gasteiger charge is 2.34. The van der Waals surface area contributed by atoms with E-state index in [4.69, 9.17) is 5.11 Å². The van der Waals surface area contributed by atoms with Crippen LogP contribution in [0.3, 0.4) is 0 Å². The van der Waals surface area contributed by atoms with Crippen LogP contribution in [-0.4, -0.2) is 50.9 Å². The predicted molar refractivity (Wildman–Crippen MR) is 87.2 cm³/mol. The number of pyridine rings is 1. The number of likely N-dealkylation sites (tertiary alicyclic amines) is 1. The summed E-state index contributed by atoms with van der Waals surface area (Å²) in [5.41, 5.74) is 1.08. The van der Waals surface area contributed by atoms with Crippen molar-refractivity contribution in [3.63, 3.8) is 0 Å². The minimum Gasteiger partial charge on any atom is -0.392 e. The molecule has 2 amide bonds. The molecule has 3 N–H and O–H groups in total. The Kier molecular flexibility index (Phi) is 4.80. The van der Waals surface area contributed by atoms with Crippen LogP contribution in [0.4, 0.5) is 4.39 Å². The summed E-state index contributed by atoms with van der Waals surface area (Å²) in [6.07, 6.45) is 2.58. The van der Waals surface area contributed by atoms with E-state index in [1.807, 2.05) is 6.92 Å². The zero-order valence-corrected chi connectivity index (χ0v) is 13.7. The number of aliphatic hydroxyl groups excluding tert-OH is 1. The number of aromatic nitrogens is 2. The van der Waals surface area contributed by atoms with Crippen molar-refractivity contribution in [3.05, 3.63) is 53.4 Å². The molecule has 1 fully saturated rings. The van der Waals surface area contributed by atoms with E-state index in [0.29, 0.717) is 24.3 Å². The molecule has 0 bridgehead atoms. The molecule has 2 aromatic heterocycles. The van der Waals surface area contributed by atoms with E-state index in [-0.39, 0.29) is 30.2 Å². The maximum Gasteiger partial charge on any atom is 0.272 e. The average molecular weight is 346 g/mol. The monoisotopic (exact) mass is 346 g/mol. The highest BCUT2D eigenvalue weighted by molar-refractivity contribution is 5.94. The fraction of sp³-hybridized carbons (Fsp3) is 0.353. The molecule has 2 unspecified atom stereocenters. The molecule has 25 heavy (non-hydrogen) atoms. The number of amides is 2. The van der Waals surface area contributed by atoms with E-state index in [1.165, 1.54) is 6.20 Å². The number of nitrogens with zero attached hydrogens (tertiary/aromatic N) is 2. The molecule has 0 aromatic carbocycles. The first-order valence-electron chi connectivity index (χ1n) is 7.97. The maximum absolute atomic E-state index is 13.0. The van der Waals surface area contributed by atoms with Crippen molar-refractivity contribution in [2.75, 3.05) is 13.1 Å². The Hall–Kier alpha value is -2.74. The molecule has 1 aliphatic rings. The summed E-state index contributed by atoms with van der Waals surface area (Å²) in [5, 5.41) is 11.9. The van der Waals surface area contributed by atoms with Gasteiger partial charge < -0.3 is 20.3 Å². The van der Waals surface area contributed by atoms with E-state index < -0.39 is 11.7 Å². The van der Waals surface area contributed by atoms with Gasteiger partial charge in [-0.2, -0.15) is 0 Å². The lowest BCUT2D eigenvalue weighted by atomic mass is 10.1. The van der Waals surface area contributed by atoms with Crippen LogP contribution in [0.25, 0.3) is 0 Å². The summed E-state index contributed by atoms with van der Waals surface area (Å²) in [6, 6.07) is 4.13. The number of hydrogen-bond donors (Lipinski definition) is 3. The number of H-pyrrole nitrogens is 1. The molecule has 0 spiro atoms. The molecule has 8 heteroatoms. The average Bonchev–Trinajstić information content (AvgIpc) is 3.20. The Balaban J connectivity index is 1.64. The molecular weight excluding hydrogens is 327 g/mol. The number of aliphatic hydroxyl groups is 1. The third-order valence-corrected chi connectivity index (χ3v) is 4.33. The molecule has 3 heterocycles. The van der Waals surface area contributed by atoms with E-state index in [2.05, 4.69) is 15.3 Å². The van der Waals surface area contributed by atoms with Gasteiger partial charge in [0.2, 0.25) is 0 Å². The van der Waals surface area contributed by atoms with E-state index in [0.717, 1.165) is 12.3 Å². The van der Waals surface area contributed by atoms with Gasteiger partial charge >= 0.3 is 0 Å². The molecule has 1 aliphatic heterocycles. The van der Waals surface area contributed by atoms with Gasteiger partial charge in [0, 0.05) is 31.5 Å². The second-order valence-corrected chi connectivity index (χ2v) is 6.21. The first-order valence-corrected chi connectivity index (χ1v) is 7.97. The summed E-state index contributed by atoms with van der Waals surface area (Å²) in [4.78, 5) is 32.9. The number of nitrogens with one attached hydrogen (secondary N) is 2. The Morgan fingerprint density at radius 2 is 2.24 bits per heavy atom. The van der Waals surface area contributed by atoms with Gasteiger partial charge in [0.1, 0.15) is 17.2 Å². The van der Waals surface area contributed by atoms with Crippen molar-refractivity contribution in [3.8, 4) is 0 Å². The Labute approximate surface area is 143 Å². The molecule has 3 rings (SSSR count). The third kappa shape index (κ3) is 3.69. The molecule has 2 aromatic rings. The van der Waals surface area contributed by atoms with Crippen molar-refractivity contribution in [2.24, 2.45) is 5.92 Å². The van der Waals surface area contributed by atoms with Gasteiger partial charge in [0.05, 0.1) is 12.6 Å². The maximum atomic E-state index is 13.0. The molecule has 132 valence electrons. The highest BCUT2D eigenvalue weighted by Crippen LogP contribution is 2.19. The standard InChI is InChI=1S/C17H19FN4O3/c1-10-7-22(17(25)13-3-2-11(9-23)5-19-13)8-15(10)21-16(24)14-4-12(18)6-20-14/h2-6,10,15,20,23H,7-9H2,1H3,(H,21,24). The largest absolute Gasteiger partial charge is 0.392 e. The second kappa shape index (κ2) is 7.02. The zero-order chi connectivity index (χ0) is 18.0. The summed E-state index contributed by atoms with van der Waals surface area (Å²) in [6.45, 7) is 2.66. The summed E-state index contributed by atoms with van der Waals surface area (Å²) in [7, 11) is 0. The van der Waals surface area contributed by atoms with Crippen molar-refractivity contribution >= 4 is 11.8 Å². The van der Waals surface area contributed by atoms with Crippen molar-refractivity contribution in [1.29, 1.82) is 0 Å². The number of halogens is 1. The zero-order valence-electron chi connectivity index (χ0n) is 13.7. The number of hydrogen-bond acceptors (Lipinski definition) is 4. The lowest BCUT2D eigenvalue weighted by Gasteiger charge is -2.17. The predicted octanol–water partition coefficient (Wildman–Crippen LogP) is 0.932. The highest BCUT2D eigenvalue weighted by atomic mass is 19.1. The molecule has 7 nitrogen and oxygen atoms in total. The molecule has 0 radical (unpaired) electrons. The van der Waals surface area contributed by atoms with Crippen LogP contribution < -0.4 is 5.32 Å². The first kappa shape index (κ1) is 17.1. The van der Waals surface area contributed by atoms with Crippen LogP contribution in [0, 0.1) is 11.7 Å². The number of rotatable bonds is 4. The van der Waals surface area contributed by atoms with E-state index in [1.54, 1.807) is 17.0 Å². The van der Waals surface area contributed by atoms with Gasteiger partial charge in [-0.25, -0.2) is 4.39 Å². The second-order valence-electron chi connectivity index (χ2n) is 6.21. The number of carbonyl (C=O) groups excluding carboxylic acids is 2. The van der Waals surface area contributed by atoms with Crippen LogP contribution >= 0.6 is 0 Å². The number of carbonyl (C=O) groups is 2. The summed E-state index contributed by atoms with van der Waals surface area (Å²) < 4.78 is 13.0. The Bertz CT molecular complexity index is 774. The van der Waals surface area contributed by atoms with Gasteiger partial charge in [-0.1, -0.05) is 13.0 Å². The van der Waals surface area contributed by atoms with Crippen LogP contribution in [0.5, 0.6) is 0 Å². The number of aromatic amines is 1. The van der Waals surface area contributed by atoms with Gasteiger partial charge in [0.25, 0.3) is 11.8 Å². The van der Waals surface area contributed by atoms with Crippen LogP contribution in [0.2, 0.25) is 0 Å². The quantitative estimate of drug-likeness (QED) is 0.767. The van der Waals surface area contributed by atoms with Gasteiger partial charge in [-0.3, -0.25) is 14.6 Å². The molecular formula is C17H19FN4O3. The van der Waals surface area contributed by atoms with Crippen molar-refractivity contribution in [1.82, 2.24) is 20.2 Å². The summed E-state index contributed by atoms with van der Waals surface area (Å²) >= 11 is 0. The molecule has 1 saturated heterocycles. The van der Waals surface area contributed by atoms with Gasteiger partial charge in [-0.05, 0) is 17.5 Å². The van der Waals surface area contributed by atoms with E-state index in [9.17, 15) is 14.0 Å². The smallest absolute Gasteiger partial charge is 0.272 e. The molecule has 0 saturated carbocycles. The third-order valence-electron chi connectivity index (χ3n) is 4.33. The SMILES string of the molecule is CC1CN(C(=O)c2ccc(CO)cn2)CC1NC(=O)c1cc(F)c[nH]1.